The fourth-order valence-corrected chi connectivity index (χ4v) is 2.00. The minimum Gasteiger partial charge on any atom is -0.356 e. The van der Waals surface area contributed by atoms with E-state index in [1.165, 1.54) is 6.92 Å². The van der Waals surface area contributed by atoms with Gasteiger partial charge in [-0.3, -0.25) is 9.59 Å². The van der Waals surface area contributed by atoms with Crippen LogP contribution in [0.15, 0.2) is 0 Å². The summed E-state index contributed by atoms with van der Waals surface area (Å²) in [6, 6.07) is 0. The maximum Gasteiger partial charge on any atom is 0.237 e. The number of nitrogens with zero attached hydrogens (tertiary/aromatic N) is 1. The lowest BCUT2D eigenvalue weighted by atomic mass is 9.98. The van der Waals surface area contributed by atoms with Crippen LogP contribution in [0.2, 0.25) is 0 Å². The fourth-order valence-electron chi connectivity index (χ4n) is 1.83. The zero-order chi connectivity index (χ0) is 11.3. The summed E-state index contributed by atoms with van der Waals surface area (Å²) in [4.78, 5) is 23.9. The SMILES string of the molecule is CC(=O)NC[C@@H]1CCCN(C(=O)CCl)C1. The molecule has 1 aliphatic heterocycles. The Bertz CT molecular complexity index is 246. The van der Waals surface area contributed by atoms with Gasteiger partial charge in [0.2, 0.25) is 11.8 Å². The topological polar surface area (TPSA) is 49.4 Å². The van der Waals surface area contributed by atoms with E-state index in [4.69, 9.17) is 11.6 Å². The molecule has 15 heavy (non-hydrogen) atoms. The molecule has 2 amide bonds. The lowest BCUT2D eigenvalue weighted by Gasteiger charge is -2.32. The maximum absolute atomic E-state index is 11.4. The van der Waals surface area contributed by atoms with Gasteiger partial charge in [0.25, 0.3) is 0 Å². The smallest absolute Gasteiger partial charge is 0.237 e. The third kappa shape index (κ3) is 4.08. The highest BCUT2D eigenvalue weighted by atomic mass is 35.5. The first kappa shape index (κ1) is 12.3. The average Bonchev–Trinajstić information content (AvgIpc) is 2.25. The molecule has 0 saturated carbocycles. The summed E-state index contributed by atoms with van der Waals surface area (Å²) in [5.41, 5.74) is 0. The number of alkyl halides is 1. The van der Waals surface area contributed by atoms with E-state index in [1.807, 2.05) is 0 Å². The van der Waals surface area contributed by atoms with Crippen molar-refractivity contribution in [3.63, 3.8) is 0 Å². The Hall–Kier alpha value is -0.770. The Kier molecular flexibility index (Phi) is 4.88. The molecule has 5 heteroatoms. The van der Waals surface area contributed by atoms with E-state index in [2.05, 4.69) is 5.32 Å². The molecule has 0 aliphatic carbocycles. The molecule has 1 saturated heterocycles. The molecular weight excluding hydrogens is 216 g/mol. The molecule has 0 aromatic heterocycles. The Labute approximate surface area is 95.0 Å². The minimum atomic E-state index is -0.0178. The van der Waals surface area contributed by atoms with Crippen molar-refractivity contribution in [2.45, 2.75) is 19.8 Å². The Balaban J connectivity index is 2.35. The second kappa shape index (κ2) is 5.95. The summed E-state index contributed by atoms with van der Waals surface area (Å²) in [7, 11) is 0. The number of hydrogen-bond donors (Lipinski definition) is 1. The summed E-state index contributed by atoms with van der Waals surface area (Å²) in [6.07, 6.45) is 2.05. The van der Waals surface area contributed by atoms with Gasteiger partial charge in [0.1, 0.15) is 5.88 Å². The zero-order valence-corrected chi connectivity index (χ0v) is 9.72. The van der Waals surface area contributed by atoms with Gasteiger partial charge in [-0.25, -0.2) is 0 Å². The predicted octanol–water partition coefficient (Wildman–Crippen LogP) is 0.600. The third-order valence-electron chi connectivity index (χ3n) is 2.63. The van der Waals surface area contributed by atoms with E-state index in [9.17, 15) is 9.59 Å². The molecule has 4 nitrogen and oxygen atoms in total. The van der Waals surface area contributed by atoms with Crippen molar-refractivity contribution < 1.29 is 9.59 Å². The minimum absolute atomic E-state index is 0.0100. The molecule has 0 aromatic carbocycles. The molecule has 1 atom stereocenters. The lowest BCUT2D eigenvalue weighted by Crippen LogP contribution is -2.43. The van der Waals surface area contributed by atoms with Gasteiger partial charge in [-0.2, -0.15) is 0 Å². The molecule has 0 bridgehead atoms. The summed E-state index contributed by atoms with van der Waals surface area (Å²) in [5.74, 6) is 0.391. The van der Waals surface area contributed by atoms with Crippen LogP contribution in [-0.2, 0) is 9.59 Å². The van der Waals surface area contributed by atoms with Crippen molar-refractivity contribution in [3.05, 3.63) is 0 Å². The number of nitrogens with one attached hydrogen (secondary N) is 1. The van der Waals surface area contributed by atoms with Crippen molar-refractivity contribution >= 4 is 23.4 Å². The van der Waals surface area contributed by atoms with Gasteiger partial charge in [-0.15, -0.1) is 11.6 Å². The number of likely N-dealkylation sites (tertiary alicyclic amines) is 1. The highest BCUT2D eigenvalue weighted by Gasteiger charge is 2.22. The molecule has 0 radical (unpaired) electrons. The quantitative estimate of drug-likeness (QED) is 0.725. The van der Waals surface area contributed by atoms with Crippen LogP contribution in [0.5, 0.6) is 0 Å². The molecule has 1 aliphatic rings. The Morgan fingerprint density at radius 3 is 2.87 bits per heavy atom. The Morgan fingerprint density at radius 1 is 1.53 bits per heavy atom. The van der Waals surface area contributed by atoms with E-state index in [1.54, 1.807) is 4.90 Å². The number of piperidine rings is 1. The van der Waals surface area contributed by atoms with Crippen molar-refractivity contribution in [3.8, 4) is 0 Å². The number of carbonyl (C=O) groups excluding carboxylic acids is 2. The monoisotopic (exact) mass is 232 g/mol. The van der Waals surface area contributed by atoms with Crippen LogP contribution in [0.1, 0.15) is 19.8 Å². The highest BCUT2D eigenvalue weighted by molar-refractivity contribution is 6.27. The van der Waals surface area contributed by atoms with Gasteiger partial charge in [-0.05, 0) is 18.8 Å². The van der Waals surface area contributed by atoms with Crippen LogP contribution < -0.4 is 5.32 Å². The maximum atomic E-state index is 11.4. The fraction of sp³-hybridized carbons (Fsp3) is 0.800. The van der Waals surface area contributed by atoms with Crippen molar-refractivity contribution in [2.75, 3.05) is 25.5 Å². The largest absolute Gasteiger partial charge is 0.356 e. The van der Waals surface area contributed by atoms with Gasteiger partial charge in [-0.1, -0.05) is 0 Å². The number of hydrogen-bond acceptors (Lipinski definition) is 2. The molecule has 0 unspecified atom stereocenters. The van der Waals surface area contributed by atoms with Crippen LogP contribution in [-0.4, -0.2) is 42.2 Å². The molecule has 1 heterocycles. The van der Waals surface area contributed by atoms with Crippen LogP contribution in [0.25, 0.3) is 0 Å². The second-order valence-electron chi connectivity index (χ2n) is 3.92. The molecule has 0 aromatic rings. The van der Waals surface area contributed by atoms with E-state index in [0.717, 1.165) is 19.4 Å². The molecular formula is C10H17ClN2O2. The van der Waals surface area contributed by atoms with E-state index in [0.29, 0.717) is 19.0 Å². The Morgan fingerprint density at radius 2 is 2.27 bits per heavy atom. The normalized spacial score (nSPS) is 21.2. The van der Waals surface area contributed by atoms with Crippen LogP contribution in [0.4, 0.5) is 0 Å². The van der Waals surface area contributed by atoms with Gasteiger partial charge in [0, 0.05) is 26.6 Å². The van der Waals surface area contributed by atoms with Gasteiger partial charge in [0.15, 0.2) is 0 Å². The number of amides is 2. The number of rotatable bonds is 3. The molecule has 1 rings (SSSR count). The molecule has 86 valence electrons. The van der Waals surface area contributed by atoms with E-state index >= 15 is 0 Å². The molecule has 0 spiro atoms. The molecule has 1 fully saturated rings. The third-order valence-corrected chi connectivity index (χ3v) is 2.85. The van der Waals surface area contributed by atoms with E-state index < -0.39 is 0 Å². The van der Waals surface area contributed by atoms with E-state index in [-0.39, 0.29) is 17.7 Å². The van der Waals surface area contributed by atoms with Crippen molar-refractivity contribution in [1.82, 2.24) is 10.2 Å². The first-order valence-electron chi connectivity index (χ1n) is 5.21. The van der Waals surface area contributed by atoms with Crippen molar-refractivity contribution in [2.24, 2.45) is 5.92 Å². The standard InChI is InChI=1S/C10H17ClN2O2/c1-8(14)12-6-9-3-2-4-13(7-9)10(15)5-11/h9H,2-7H2,1H3,(H,12,14)/t9-/m0/s1. The summed E-state index contributed by atoms with van der Waals surface area (Å²) >= 11 is 5.50. The first-order valence-corrected chi connectivity index (χ1v) is 5.75. The van der Waals surface area contributed by atoms with Crippen LogP contribution in [0, 0.1) is 5.92 Å². The summed E-state index contributed by atoms with van der Waals surface area (Å²) < 4.78 is 0. The first-order chi connectivity index (χ1) is 7.13. The lowest BCUT2D eigenvalue weighted by molar-refractivity contribution is -0.130. The van der Waals surface area contributed by atoms with Crippen molar-refractivity contribution in [1.29, 1.82) is 0 Å². The highest BCUT2D eigenvalue weighted by Crippen LogP contribution is 2.15. The number of halogens is 1. The molecule has 1 N–H and O–H groups in total. The summed E-state index contributed by atoms with van der Waals surface area (Å²) in [6.45, 7) is 3.67. The second-order valence-corrected chi connectivity index (χ2v) is 4.19. The predicted molar refractivity (Wildman–Crippen MR) is 58.7 cm³/mol. The zero-order valence-electron chi connectivity index (χ0n) is 8.96. The van der Waals surface area contributed by atoms with Gasteiger partial charge in [0.05, 0.1) is 0 Å². The van der Waals surface area contributed by atoms with Gasteiger partial charge >= 0.3 is 0 Å². The van der Waals surface area contributed by atoms with Crippen LogP contribution in [0.3, 0.4) is 0 Å². The van der Waals surface area contributed by atoms with Gasteiger partial charge < -0.3 is 10.2 Å². The summed E-state index contributed by atoms with van der Waals surface area (Å²) in [5, 5.41) is 2.78. The number of carbonyl (C=O) groups is 2. The average molecular weight is 233 g/mol. The van der Waals surface area contributed by atoms with Crippen LogP contribution >= 0.6 is 11.6 Å².